The van der Waals surface area contributed by atoms with Crippen molar-refractivity contribution < 1.29 is 14.6 Å². The second-order valence-corrected chi connectivity index (χ2v) is 5.83. The van der Waals surface area contributed by atoms with Gasteiger partial charge in [0.1, 0.15) is 11.5 Å². The fraction of sp³-hybridized carbons (Fsp3) is 0.600. The number of halogens is 1. The van der Waals surface area contributed by atoms with Gasteiger partial charge in [-0.3, -0.25) is 0 Å². The Bertz CT molecular complexity index is 418. The largest absolute Gasteiger partial charge is 0.497 e. The summed E-state index contributed by atoms with van der Waals surface area (Å²) in [5.74, 6) is 1.34. The summed E-state index contributed by atoms with van der Waals surface area (Å²) in [6, 6.07) is 5.29. The van der Waals surface area contributed by atoms with E-state index in [2.05, 4.69) is 20.8 Å². The van der Waals surface area contributed by atoms with Crippen LogP contribution in [0.1, 0.15) is 38.9 Å². The summed E-state index contributed by atoms with van der Waals surface area (Å²) in [6.07, 6.45) is -0.188. The number of methoxy groups -OCH3 is 2. The Morgan fingerprint density at radius 2 is 1.80 bits per heavy atom. The van der Waals surface area contributed by atoms with E-state index in [-0.39, 0.29) is 23.9 Å². The van der Waals surface area contributed by atoms with Gasteiger partial charge in [0.05, 0.1) is 20.3 Å². The highest BCUT2D eigenvalue weighted by Crippen LogP contribution is 2.33. The first-order valence-corrected chi connectivity index (χ1v) is 6.45. The number of benzene rings is 1. The molecular formula is C15H26ClNO3. The van der Waals surface area contributed by atoms with E-state index in [4.69, 9.17) is 15.2 Å². The molecule has 0 aliphatic carbocycles. The van der Waals surface area contributed by atoms with Crippen molar-refractivity contribution in [2.24, 2.45) is 11.1 Å². The predicted molar refractivity (Wildman–Crippen MR) is 83.8 cm³/mol. The van der Waals surface area contributed by atoms with Crippen molar-refractivity contribution in [3.05, 3.63) is 23.8 Å². The van der Waals surface area contributed by atoms with Gasteiger partial charge in [0.25, 0.3) is 0 Å². The third-order valence-corrected chi connectivity index (χ3v) is 3.39. The minimum atomic E-state index is -0.667. The summed E-state index contributed by atoms with van der Waals surface area (Å²) in [5.41, 5.74) is 6.78. The second kappa shape index (κ2) is 7.72. The van der Waals surface area contributed by atoms with Crippen LogP contribution >= 0.6 is 12.4 Å². The van der Waals surface area contributed by atoms with E-state index in [0.29, 0.717) is 23.5 Å². The molecule has 0 spiro atoms. The van der Waals surface area contributed by atoms with Crippen molar-refractivity contribution in [3.63, 3.8) is 0 Å². The summed E-state index contributed by atoms with van der Waals surface area (Å²) in [7, 11) is 3.18. The van der Waals surface area contributed by atoms with Crippen LogP contribution < -0.4 is 15.2 Å². The van der Waals surface area contributed by atoms with Crippen LogP contribution in [-0.2, 0) is 0 Å². The molecule has 0 aromatic heterocycles. The smallest absolute Gasteiger partial charge is 0.124 e. The molecule has 0 bridgehead atoms. The molecule has 1 aromatic rings. The molecule has 0 saturated carbocycles. The lowest BCUT2D eigenvalue weighted by Gasteiger charge is -2.29. The molecule has 1 aromatic carbocycles. The van der Waals surface area contributed by atoms with Gasteiger partial charge in [0, 0.05) is 11.6 Å². The van der Waals surface area contributed by atoms with E-state index < -0.39 is 6.10 Å². The molecule has 116 valence electrons. The van der Waals surface area contributed by atoms with E-state index in [0.717, 1.165) is 0 Å². The number of ether oxygens (including phenoxy) is 2. The summed E-state index contributed by atoms with van der Waals surface area (Å²) < 4.78 is 10.5. The molecule has 1 rings (SSSR count). The number of rotatable bonds is 5. The van der Waals surface area contributed by atoms with E-state index in [1.807, 2.05) is 0 Å². The predicted octanol–water partition coefficient (Wildman–Crippen LogP) is 2.92. The van der Waals surface area contributed by atoms with Crippen molar-refractivity contribution in [3.8, 4) is 11.5 Å². The van der Waals surface area contributed by atoms with E-state index in [9.17, 15) is 5.11 Å². The maximum absolute atomic E-state index is 10.4. The zero-order chi connectivity index (χ0) is 14.6. The molecule has 4 nitrogen and oxygen atoms in total. The van der Waals surface area contributed by atoms with Gasteiger partial charge in [-0.25, -0.2) is 0 Å². The van der Waals surface area contributed by atoms with Gasteiger partial charge in [-0.05, 0) is 30.0 Å². The Morgan fingerprint density at radius 3 is 2.25 bits per heavy atom. The highest BCUT2D eigenvalue weighted by Gasteiger charge is 2.25. The molecular weight excluding hydrogens is 278 g/mol. The van der Waals surface area contributed by atoms with Crippen molar-refractivity contribution in [1.29, 1.82) is 0 Å². The van der Waals surface area contributed by atoms with Crippen molar-refractivity contribution in [1.82, 2.24) is 0 Å². The standard InChI is InChI=1S/C15H25NO3.ClH/c1-15(2,3)14(16)9-12(17)11-8-10(18-4)6-7-13(11)19-5;/h6-8,12,14,17H,9,16H2,1-5H3;1H/t12-,14+;/m0./s1. The van der Waals surface area contributed by atoms with E-state index >= 15 is 0 Å². The zero-order valence-corrected chi connectivity index (χ0v) is 13.7. The van der Waals surface area contributed by atoms with Gasteiger partial charge in [-0.15, -0.1) is 12.4 Å². The van der Waals surface area contributed by atoms with Crippen LogP contribution in [-0.4, -0.2) is 25.4 Å². The van der Waals surface area contributed by atoms with Gasteiger partial charge >= 0.3 is 0 Å². The Balaban J connectivity index is 0.00000361. The molecule has 0 fully saturated rings. The molecule has 3 N–H and O–H groups in total. The second-order valence-electron chi connectivity index (χ2n) is 5.83. The zero-order valence-electron chi connectivity index (χ0n) is 12.8. The Hall–Kier alpha value is -0.970. The first-order valence-electron chi connectivity index (χ1n) is 6.45. The number of aliphatic hydroxyl groups excluding tert-OH is 1. The fourth-order valence-corrected chi connectivity index (χ4v) is 1.82. The molecule has 0 aliphatic heterocycles. The Labute approximate surface area is 127 Å². The maximum atomic E-state index is 10.4. The lowest BCUT2D eigenvalue weighted by Crippen LogP contribution is -2.36. The van der Waals surface area contributed by atoms with Crippen molar-refractivity contribution in [2.45, 2.75) is 39.3 Å². The Kier molecular flexibility index (Phi) is 7.34. The molecule has 0 radical (unpaired) electrons. The van der Waals surface area contributed by atoms with Crippen LogP contribution in [0.5, 0.6) is 11.5 Å². The first-order chi connectivity index (χ1) is 8.79. The first kappa shape index (κ1) is 19.0. The number of nitrogens with two attached hydrogens (primary N) is 1. The molecule has 0 unspecified atom stereocenters. The third kappa shape index (κ3) is 4.85. The van der Waals surface area contributed by atoms with Crippen LogP contribution in [0.3, 0.4) is 0 Å². The molecule has 2 atom stereocenters. The monoisotopic (exact) mass is 303 g/mol. The number of aliphatic hydroxyl groups is 1. The molecule has 0 amide bonds. The van der Waals surface area contributed by atoms with Gasteiger partial charge in [-0.1, -0.05) is 20.8 Å². The summed E-state index contributed by atoms with van der Waals surface area (Å²) in [6.45, 7) is 6.19. The van der Waals surface area contributed by atoms with Crippen molar-refractivity contribution >= 4 is 12.4 Å². The average Bonchev–Trinajstić information content (AvgIpc) is 2.36. The third-order valence-electron chi connectivity index (χ3n) is 3.39. The minimum absolute atomic E-state index is 0. The molecule has 5 heteroatoms. The van der Waals surface area contributed by atoms with Crippen LogP contribution in [0.2, 0.25) is 0 Å². The summed E-state index contributed by atoms with van der Waals surface area (Å²) in [4.78, 5) is 0. The van der Waals surface area contributed by atoms with E-state index in [1.54, 1.807) is 32.4 Å². The highest BCUT2D eigenvalue weighted by molar-refractivity contribution is 5.85. The van der Waals surface area contributed by atoms with Gasteiger partial charge in [0.15, 0.2) is 0 Å². The maximum Gasteiger partial charge on any atom is 0.124 e. The van der Waals surface area contributed by atoms with Gasteiger partial charge < -0.3 is 20.3 Å². The highest BCUT2D eigenvalue weighted by atomic mass is 35.5. The quantitative estimate of drug-likeness (QED) is 0.878. The number of hydrogen-bond donors (Lipinski definition) is 2. The van der Waals surface area contributed by atoms with Gasteiger partial charge in [0.2, 0.25) is 0 Å². The molecule has 0 saturated heterocycles. The molecule has 0 heterocycles. The molecule has 0 aliphatic rings. The van der Waals surface area contributed by atoms with Crippen LogP contribution in [0, 0.1) is 5.41 Å². The average molecular weight is 304 g/mol. The Morgan fingerprint density at radius 1 is 1.20 bits per heavy atom. The SMILES string of the molecule is COc1ccc(OC)c([C@@H](O)C[C@@H](N)C(C)(C)C)c1.Cl. The van der Waals surface area contributed by atoms with Crippen molar-refractivity contribution in [2.75, 3.05) is 14.2 Å². The van der Waals surface area contributed by atoms with Crippen LogP contribution in [0.25, 0.3) is 0 Å². The lowest BCUT2D eigenvalue weighted by atomic mass is 9.83. The normalized spacial score (nSPS) is 14.2. The van der Waals surface area contributed by atoms with Crippen LogP contribution in [0.4, 0.5) is 0 Å². The lowest BCUT2D eigenvalue weighted by molar-refractivity contribution is 0.130. The minimum Gasteiger partial charge on any atom is -0.497 e. The van der Waals surface area contributed by atoms with Crippen LogP contribution in [0.15, 0.2) is 18.2 Å². The van der Waals surface area contributed by atoms with E-state index in [1.165, 1.54) is 0 Å². The molecule has 20 heavy (non-hydrogen) atoms. The van der Waals surface area contributed by atoms with Gasteiger partial charge in [-0.2, -0.15) is 0 Å². The number of hydrogen-bond acceptors (Lipinski definition) is 4. The summed E-state index contributed by atoms with van der Waals surface area (Å²) in [5, 5.41) is 10.4. The topological polar surface area (TPSA) is 64.7 Å². The fourth-order valence-electron chi connectivity index (χ4n) is 1.82. The summed E-state index contributed by atoms with van der Waals surface area (Å²) >= 11 is 0.